The number of hydrogen-bond acceptors (Lipinski definition) is 6. The topological polar surface area (TPSA) is 57.7 Å². The van der Waals surface area contributed by atoms with Crippen molar-refractivity contribution in [1.29, 1.82) is 0 Å². The van der Waals surface area contributed by atoms with Crippen molar-refractivity contribution in [3.63, 3.8) is 0 Å². The second kappa shape index (κ2) is 5.24. The predicted octanol–water partition coefficient (Wildman–Crippen LogP) is 3.79. The molecular weight excluding hydrogens is 314 g/mol. The number of thiophene rings is 1. The standard InChI is InChI=1S/C17H13NO4S/c1-9-5-12(10-3-4-13-14(6-10)22-8-21-13)18-15-11(17(19)20-2)7-23-16(9)15/h3-7H,8H2,1-2H3. The van der Waals surface area contributed by atoms with Crippen LogP contribution in [0.3, 0.4) is 0 Å². The first-order chi connectivity index (χ1) is 11.2. The Morgan fingerprint density at radius 2 is 2.09 bits per heavy atom. The fraction of sp³-hybridized carbons (Fsp3) is 0.176. The van der Waals surface area contributed by atoms with E-state index in [1.165, 1.54) is 18.4 Å². The molecule has 0 saturated carbocycles. The zero-order chi connectivity index (χ0) is 16.0. The van der Waals surface area contributed by atoms with Crippen molar-refractivity contribution in [1.82, 2.24) is 4.98 Å². The minimum atomic E-state index is -0.369. The summed E-state index contributed by atoms with van der Waals surface area (Å²) in [7, 11) is 1.38. The number of pyridine rings is 1. The van der Waals surface area contributed by atoms with Gasteiger partial charge in [0.05, 0.1) is 28.6 Å². The van der Waals surface area contributed by atoms with Gasteiger partial charge in [-0.2, -0.15) is 0 Å². The smallest absolute Gasteiger partial charge is 0.340 e. The number of hydrogen-bond donors (Lipinski definition) is 0. The molecule has 5 nitrogen and oxygen atoms in total. The molecule has 3 aromatic rings. The van der Waals surface area contributed by atoms with Crippen LogP contribution in [0.1, 0.15) is 15.9 Å². The van der Waals surface area contributed by atoms with E-state index in [1.807, 2.05) is 31.2 Å². The van der Waals surface area contributed by atoms with Gasteiger partial charge in [-0.05, 0) is 36.8 Å². The summed E-state index contributed by atoms with van der Waals surface area (Å²) in [5.41, 5.74) is 3.95. The average molecular weight is 327 g/mol. The molecule has 6 heteroatoms. The number of aromatic nitrogens is 1. The zero-order valence-corrected chi connectivity index (χ0v) is 13.4. The van der Waals surface area contributed by atoms with Crippen molar-refractivity contribution in [2.45, 2.75) is 6.92 Å². The lowest BCUT2D eigenvalue weighted by atomic mass is 10.1. The SMILES string of the molecule is COC(=O)c1csc2c(C)cc(-c3ccc4c(c3)OCO4)nc12. The molecule has 1 aromatic carbocycles. The van der Waals surface area contributed by atoms with E-state index in [0.29, 0.717) is 16.8 Å². The van der Waals surface area contributed by atoms with E-state index in [1.54, 1.807) is 5.38 Å². The van der Waals surface area contributed by atoms with Gasteiger partial charge in [0.15, 0.2) is 11.5 Å². The summed E-state index contributed by atoms with van der Waals surface area (Å²) in [6.07, 6.45) is 0. The Kier molecular flexibility index (Phi) is 3.20. The first-order valence-electron chi connectivity index (χ1n) is 7.04. The van der Waals surface area contributed by atoms with E-state index in [4.69, 9.17) is 14.2 Å². The number of carbonyl (C=O) groups excluding carboxylic acids is 1. The molecule has 0 radical (unpaired) electrons. The van der Waals surface area contributed by atoms with E-state index in [2.05, 4.69) is 4.98 Å². The van der Waals surface area contributed by atoms with E-state index in [9.17, 15) is 4.79 Å². The molecule has 0 amide bonds. The number of esters is 1. The maximum absolute atomic E-state index is 11.9. The fourth-order valence-corrected chi connectivity index (χ4v) is 3.58. The Balaban J connectivity index is 1.89. The number of fused-ring (bicyclic) bond motifs is 2. The normalized spacial score (nSPS) is 12.6. The number of nitrogens with zero attached hydrogens (tertiary/aromatic N) is 1. The van der Waals surface area contributed by atoms with Crippen LogP contribution >= 0.6 is 11.3 Å². The molecule has 4 rings (SSSR count). The van der Waals surface area contributed by atoms with Gasteiger partial charge in [0.2, 0.25) is 6.79 Å². The largest absolute Gasteiger partial charge is 0.465 e. The zero-order valence-electron chi connectivity index (χ0n) is 12.6. The highest BCUT2D eigenvalue weighted by Gasteiger charge is 2.18. The van der Waals surface area contributed by atoms with Crippen molar-refractivity contribution >= 4 is 27.5 Å². The quantitative estimate of drug-likeness (QED) is 0.670. The first kappa shape index (κ1) is 14.0. The van der Waals surface area contributed by atoms with Crippen LogP contribution in [0, 0.1) is 6.92 Å². The monoisotopic (exact) mass is 327 g/mol. The third-order valence-corrected chi connectivity index (χ3v) is 4.89. The van der Waals surface area contributed by atoms with Crippen LogP contribution in [-0.4, -0.2) is 24.9 Å². The molecule has 23 heavy (non-hydrogen) atoms. The molecule has 0 bridgehead atoms. The minimum Gasteiger partial charge on any atom is -0.465 e. The Hall–Kier alpha value is -2.60. The van der Waals surface area contributed by atoms with Crippen LogP contribution in [0.4, 0.5) is 0 Å². The highest BCUT2D eigenvalue weighted by molar-refractivity contribution is 7.17. The minimum absolute atomic E-state index is 0.237. The van der Waals surface area contributed by atoms with Crippen molar-refractivity contribution in [3.8, 4) is 22.8 Å². The van der Waals surface area contributed by atoms with Gasteiger partial charge in [-0.3, -0.25) is 0 Å². The second-order valence-corrected chi connectivity index (χ2v) is 6.09. The van der Waals surface area contributed by atoms with Gasteiger partial charge in [0.1, 0.15) is 0 Å². The molecule has 1 aliphatic heterocycles. The van der Waals surface area contributed by atoms with Crippen molar-refractivity contribution in [2.24, 2.45) is 0 Å². The van der Waals surface area contributed by atoms with Gasteiger partial charge < -0.3 is 14.2 Å². The van der Waals surface area contributed by atoms with Crippen LogP contribution in [-0.2, 0) is 4.74 Å². The summed E-state index contributed by atoms with van der Waals surface area (Å²) in [6, 6.07) is 7.72. The van der Waals surface area contributed by atoms with E-state index in [-0.39, 0.29) is 12.8 Å². The number of benzene rings is 1. The van der Waals surface area contributed by atoms with E-state index in [0.717, 1.165) is 27.3 Å². The highest BCUT2D eigenvalue weighted by atomic mass is 32.1. The maximum atomic E-state index is 11.9. The van der Waals surface area contributed by atoms with Gasteiger partial charge >= 0.3 is 5.97 Å². The Labute approximate surface area is 136 Å². The van der Waals surface area contributed by atoms with E-state index < -0.39 is 0 Å². The Morgan fingerprint density at radius 3 is 2.91 bits per heavy atom. The van der Waals surface area contributed by atoms with Crippen molar-refractivity contribution < 1.29 is 19.0 Å². The van der Waals surface area contributed by atoms with Crippen LogP contribution in [0.25, 0.3) is 21.5 Å². The molecule has 1 aliphatic rings. The Morgan fingerprint density at radius 1 is 1.26 bits per heavy atom. The van der Waals surface area contributed by atoms with Crippen LogP contribution in [0.15, 0.2) is 29.6 Å². The van der Waals surface area contributed by atoms with Gasteiger partial charge in [0.25, 0.3) is 0 Å². The lowest BCUT2D eigenvalue weighted by Gasteiger charge is -2.06. The molecule has 0 fully saturated rings. The van der Waals surface area contributed by atoms with Crippen molar-refractivity contribution in [3.05, 3.63) is 40.8 Å². The summed E-state index contributed by atoms with van der Waals surface area (Å²) in [4.78, 5) is 16.6. The summed E-state index contributed by atoms with van der Waals surface area (Å²) in [5, 5.41) is 1.79. The summed E-state index contributed by atoms with van der Waals surface area (Å²) >= 11 is 1.50. The van der Waals surface area contributed by atoms with Gasteiger partial charge in [-0.25, -0.2) is 9.78 Å². The molecular formula is C17H13NO4S. The molecule has 116 valence electrons. The summed E-state index contributed by atoms with van der Waals surface area (Å²) in [6.45, 7) is 2.25. The molecule has 3 heterocycles. The number of rotatable bonds is 2. The first-order valence-corrected chi connectivity index (χ1v) is 7.92. The number of carbonyl (C=O) groups is 1. The van der Waals surface area contributed by atoms with Crippen LogP contribution in [0.5, 0.6) is 11.5 Å². The van der Waals surface area contributed by atoms with Gasteiger partial charge in [-0.15, -0.1) is 11.3 Å². The molecule has 0 aliphatic carbocycles. The molecule has 0 spiro atoms. The molecule has 0 unspecified atom stereocenters. The molecule has 0 atom stereocenters. The van der Waals surface area contributed by atoms with Crippen LogP contribution in [0.2, 0.25) is 0 Å². The summed E-state index contributed by atoms with van der Waals surface area (Å²) in [5.74, 6) is 1.07. The van der Waals surface area contributed by atoms with Gasteiger partial charge in [-0.1, -0.05) is 0 Å². The second-order valence-electron chi connectivity index (χ2n) is 5.21. The lowest BCUT2D eigenvalue weighted by molar-refractivity contribution is 0.0603. The van der Waals surface area contributed by atoms with Crippen LogP contribution < -0.4 is 9.47 Å². The third-order valence-electron chi connectivity index (χ3n) is 3.78. The van der Waals surface area contributed by atoms with Crippen molar-refractivity contribution in [2.75, 3.05) is 13.9 Å². The van der Waals surface area contributed by atoms with E-state index >= 15 is 0 Å². The molecule has 0 saturated heterocycles. The molecule has 0 N–H and O–H groups in total. The summed E-state index contributed by atoms with van der Waals surface area (Å²) < 4.78 is 16.6. The Bertz CT molecular complexity index is 932. The number of methoxy groups -OCH3 is 1. The predicted molar refractivity (Wildman–Crippen MR) is 87.3 cm³/mol. The molecule has 2 aromatic heterocycles. The third kappa shape index (κ3) is 2.22. The average Bonchev–Trinajstić information content (AvgIpc) is 3.20. The highest BCUT2D eigenvalue weighted by Crippen LogP contribution is 2.37. The van der Waals surface area contributed by atoms with Gasteiger partial charge in [0, 0.05) is 10.9 Å². The fourth-order valence-electron chi connectivity index (χ4n) is 2.62. The number of ether oxygens (including phenoxy) is 3. The lowest BCUT2D eigenvalue weighted by Crippen LogP contribution is -2.01. The maximum Gasteiger partial charge on any atom is 0.340 e. The number of aryl methyl sites for hydroxylation is 1.